The van der Waals surface area contributed by atoms with Crippen molar-refractivity contribution < 1.29 is 23.4 Å². The summed E-state index contributed by atoms with van der Waals surface area (Å²) in [5, 5.41) is 18.8. The van der Waals surface area contributed by atoms with Crippen molar-refractivity contribution in [2.24, 2.45) is 5.92 Å². The van der Waals surface area contributed by atoms with E-state index < -0.39 is 22.1 Å². The molecule has 0 aliphatic rings. The lowest BCUT2D eigenvalue weighted by molar-refractivity contribution is 0.0696. The van der Waals surface area contributed by atoms with Crippen molar-refractivity contribution in [1.82, 2.24) is 4.72 Å². The van der Waals surface area contributed by atoms with E-state index in [1.807, 2.05) is 0 Å². The Balaban J connectivity index is 3.14. The van der Waals surface area contributed by atoms with E-state index >= 15 is 0 Å². The van der Waals surface area contributed by atoms with Crippen molar-refractivity contribution in [3.05, 3.63) is 28.8 Å². The maximum absolute atomic E-state index is 12.3. The van der Waals surface area contributed by atoms with Crippen LogP contribution in [-0.4, -0.2) is 37.2 Å². The SMILES string of the molecule is Cc1cc(C)c(S(=O)(=O)NCC(O)C(C)C)cc1C(=O)O. The highest BCUT2D eigenvalue weighted by molar-refractivity contribution is 7.89. The van der Waals surface area contributed by atoms with E-state index in [4.69, 9.17) is 5.11 Å². The van der Waals surface area contributed by atoms with Gasteiger partial charge in [-0.15, -0.1) is 0 Å². The molecule has 0 aliphatic carbocycles. The van der Waals surface area contributed by atoms with Gasteiger partial charge in [0, 0.05) is 6.54 Å². The Hall–Kier alpha value is -1.44. The summed E-state index contributed by atoms with van der Waals surface area (Å²) in [5.74, 6) is -1.26. The number of nitrogens with one attached hydrogen (secondary N) is 1. The van der Waals surface area contributed by atoms with Gasteiger partial charge in [0.2, 0.25) is 10.0 Å². The van der Waals surface area contributed by atoms with Crippen LogP contribution < -0.4 is 4.72 Å². The summed E-state index contributed by atoms with van der Waals surface area (Å²) >= 11 is 0. The summed E-state index contributed by atoms with van der Waals surface area (Å²) in [5.41, 5.74) is 0.913. The van der Waals surface area contributed by atoms with E-state index in [2.05, 4.69) is 4.72 Å². The smallest absolute Gasteiger partial charge is 0.335 e. The number of hydrogen-bond donors (Lipinski definition) is 3. The first kappa shape index (κ1) is 17.6. The predicted octanol–water partition coefficient (Wildman–Crippen LogP) is 1.30. The van der Waals surface area contributed by atoms with Crippen LogP contribution in [-0.2, 0) is 10.0 Å². The number of hydrogen-bond acceptors (Lipinski definition) is 4. The fourth-order valence-electron chi connectivity index (χ4n) is 1.86. The van der Waals surface area contributed by atoms with Crippen LogP contribution in [0.1, 0.15) is 35.3 Å². The Morgan fingerprint density at radius 2 is 1.81 bits per heavy atom. The molecular weight excluding hydrogens is 294 g/mol. The number of sulfonamides is 1. The Kier molecular flexibility index (Phi) is 5.49. The van der Waals surface area contributed by atoms with E-state index in [9.17, 15) is 18.3 Å². The van der Waals surface area contributed by atoms with Crippen molar-refractivity contribution in [3.8, 4) is 0 Å². The molecule has 1 aromatic rings. The lowest BCUT2D eigenvalue weighted by Gasteiger charge is -2.16. The Labute approximate surface area is 124 Å². The number of carboxylic acids is 1. The van der Waals surface area contributed by atoms with Gasteiger partial charge >= 0.3 is 5.97 Å². The fourth-order valence-corrected chi connectivity index (χ4v) is 3.16. The van der Waals surface area contributed by atoms with Gasteiger partial charge in [0.1, 0.15) is 0 Å². The minimum absolute atomic E-state index is 0.0506. The van der Waals surface area contributed by atoms with Crippen molar-refractivity contribution in [1.29, 1.82) is 0 Å². The van der Waals surface area contributed by atoms with Crippen LogP contribution in [0.25, 0.3) is 0 Å². The third-order valence-electron chi connectivity index (χ3n) is 3.29. The number of rotatable bonds is 6. The van der Waals surface area contributed by atoms with Crippen LogP contribution in [0.3, 0.4) is 0 Å². The molecule has 0 saturated heterocycles. The quantitative estimate of drug-likeness (QED) is 0.734. The molecule has 0 saturated carbocycles. The number of benzene rings is 1. The summed E-state index contributed by atoms with van der Waals surface area (Å²) < 4.78 is 26.8. The largest absolute Gasteiger partial charge is 0.478 e. The molecule has 1 rings (SSSR count). The average molecular weight is 315 g/mol. The molecule has 0 aromatic heterocycles. The predicted molar refractivity (Wildman–Crippen MR) is 78.9 cm³/mol. The summed E-state index contributed by atoms with van der Waals surface area (Å²) in [6, 6.07) is 2.67. The molecule has 6 nitrogen and oxygen atoms in total. The van der Waals surface area contributed by atoms with Gasteiger partial charge < -0.3 is 10.2 Å². The molecule has 0 fully saturated rings. The molecule has 0 heterocycles. The van der Waals surface area contributed by atoms with Gasteiger partial charge in [-0.2, -0.15) is 0 Å². The second-order valence-corrected chi connectivity index (χ2v) is 7.14. The summed E-state index contributed by atoms with van der Waals surface area (Å²) in [4.78, 5) is 11.0. The van der Waals surface area contributed by atoms with E-state index in [0.717, 1.165) is 6.07 Å². The molecular formula is C14H21NO5S. The van der Waals surface area contributed by atoms with Gasteiger partial charge in [-0.25, -0.2) is 17.9 Å². The standard InChI is InChI=1S/C14H21NO5S/c1-8(2)12(16)7-15-21(19,20)13-6-11(14(17)18)9(3)5-10(13)4/h5-6,8,12,15-16H,7H2,1-4H3,(H,17,18). The second-order valence-electron chi connectivity index (χ2n) is 5.40. The summed E-state index contributed by atoms with van der Waals surface area (Å²) in [6.45, 7) is 6.65. The average Bonchev–Trinajstić information content (AvgIpc) is 2.34. The van der Waals surface area contributed by atoms with Crippen LogP contribution >= 0.6 is 0 Å². The van der Waals surface area contributed by atoms with Gasteiger partial charge in [0.05, 0.1) is 16.6 Å². The lowest BCUT2D eigenvalue weighted by Crippen LogP contribution is -2.35. The third kappa shape index (κ3) is 4.26. The number of carboxylic acid groups (broad SMARTS) is 1. The third-order valence-corrected chi connectivity index (χ3v) is 4.86. The number of aromatic carboxylic acids is 1. The van der Waals surface area contributed by atoms with Crippen LogP contribution in [0.15, 0.2) is 17.0 Å². The number of aliphatic hydroxyl groups excluding tert-OH is 1. The topological polar surface area (TPSA) is 104 Å². The first-order valence-corrected chi connectivity index (χ1v) is 8.07. The number of carbonyl (C=O) groups is 1. The fraction of sp³-hybridized carbons (Fsp3) is 0.500. The van der Waals surface area contributed by atoms with E-state index in [0.29, 0.717) is 11.1 Å². The molecule has 0 radical (unpaired) electrons. The van der Waals surface area contributed by atoms with Crippen LogP contribution in [0.4, 0.5) is 0 Å². The minimum Gasteiger partial charge on any atom is -0.478 e. The normalized spacial score (nSPS) is 13.4. The zero-order valence-electron chi connectivity index (χ0n) is 12.5. The zero-order chi connectivity index (χ0) is 16.4. The van der Waals surface area contributed by atoms with Crippen molar-refractivity contribution in [2.45, 2.75) is 38.7 Å². The van der Waals surface area contributed by atoms with Gasteiger partial charge in [0.25, 0.3) is 0 Å². The van der Waals surface area contributed by atoms with Crippen molar-refractivity contribution in [3.63, 3.8) is 0 Å². The van der Waals surface area contributed by atoms with Crippen LogP contribution in [0.2, 0.25) is 0 Å². The van der Waals surface area contributed by atoms with Crippen LogP contribution in [0, 0.1) is 19.8 Å². The Morgan fingerprint density at radius 3 is 2.29 bits per heavy atom. The summed E-state index contributed by atoms with van der Waals surface area (Å²) in [6.07, 6.45) is -0.801. The monoisotopic (exact) mass is 315 g/mol. The molecule has 21 heavy (non-hydrogen) atoms. The first-order valence-electron chi connectivity index (χ1n) is 6.58. The van der Waals surface area contributed by atoms with Crippen molar-refractivity contribution >= 4 is 16.0 Å². The molecule has 1 aromatic carbocycles. The number of aliphatic hydroxyl groups is 1. The zero-order valence-corrected chi connectivity index (χ0v) is 13.4. The van der Waals surface area contributed by atoms with E-state index in [-0.39, 0.29) is 22.9 Å². The highest BCUT2D eigenvalue weighted by Gasteiger charge is 2.22. The van der Waals surface area contributed by atoms with E-state index in [1.54, 1.807) is 27.7 Å². The first-order chi connectivity index (χ1) is 9.56. The summed E-state index contributed by atoms with van der Waals surface area (Å²) in [7, 11) is -3.87. The minimum atomic E-state index is -3.87. The Bertz CT molecular complexity index is 637. The van der Waals surface area contributed by atoms with E-state index in [1.165, 1.54) is 6.07 Å². The van der Waals surface area contributed by atoms with Gasteiger partial charge in [-0.1, -0.05) is 19.9 Å². The molecule has 7 heteroatoms. The van der Waals surface area contributed by atoms with Gasteiger partial charge in [0.15, 0.2) is 0 Å². The molecule has 1 unspecified atom stereocenters. The van der Waals surface area contributed by atoms with Gasteiger partial charge in [-0.3, -0.25) is 0 Å². The maximum Gasteiger partial charge on any atom is 0.335 e. The molecule has 1 atom stereocenters. The molecule has 3 N–H and O–H groups in total. The molecule has 0 amide bonds. The van der Waals surface area contributed by atoms with Crippen LogP contribution in [0.5, 0.6) is 0 Å². The highest BCUT2D eigenvalue weighted by atomic mass is 32.2. The highest BCUT2D eigenvalue weighted by Crippen LogP contribution is 2.20. The number of aryl methyl sites for hydroxylation is 2. The molecule has 118 valence electrons. The lowest BCUT2D eigenvalue weighted by atomic mass is 10.1. The molecule has 0 bridgehead atoms. The maximum atomic E-state index is 12.3. The van der Waals surface area contributed by atoms with Gasteiger partial charge in [-0.05, 0) is 37.0 Å². The molecule has 0 spiro atoms. The second kappa shape index (κ2) is 6.55. The van der Waals surface area contributed by atoms with Crippen molar-refractivity contribution in [2.75, 3.05) is 6.54 Å². The Morgan fingerprint density at radius 1 is 1.24 bits per heavy atom. The molecule has 0 aliphatic heterocycles.